The van der Waals surface area contributed by atoms with Crippen molar-refractivity contribution in [1.29, 1.82) is 0 Å². The van der Waals surface area contributed by atoms with Crippen LogP contribution in [0.2, 0.25) is 0 Å². The molecular formula is C23H24N4O. The van der Waals surface area contributed by atoms with Gasteiger partial charge in [-0.1, -0.05) is 35.9 Å². The first-order chi connectivity index (χ1) is 13.6. The van der Waals surface area contributed by atoms with Gasteiger partial charge in [0.1, 0.15) is 12.4 Å². The summed E-state index contributed by atoms with van der Waals surface area (Å²) in [6, 6.07) is 16.6. The van der Waals surface area contributed by atoms with Crippen molar-refractivity contribution in [2.75, 3.05) is 6.61 Å². The van der Waals surface area contributed by atoms with E-state index in [4.69, 9.17) is 10.5 Å². The molecule has 0 radical (unpaired) electrons. The minimum atomic E-state index is -0.0729. The summed E-state index contributed by atoms with van der Waals surface area (Å²) in [7, 11) is 0. The highest BCUT2D eigenvalue weighted by Crippen LogP contribution is 2.27. The summed E-state index contributed by atoms with van der Waals surface area (Å²) in [5.74, 6) is 0.723. The monoisotopic (exact) mass is 372 g/mol. The summed E-state index contributed by atoms with van der Waals surface area (Å²) in [6.07, 6.45) is 4.35. The molecular weight excluding hydrogens is 348 g/mol. The SMILES string of the molecule is Cc1ccc(CC(N)COc2cncc(-c3ccc4n[nH]c(C)c4c3)c2)cc1. The normalized spacial score (nSPS) is 12.2. The van der Waals surface area contributed by atoms with Gasteiger partial charge in [0.2, 0.25) is 0 Å². The van der Waals surface area contributed by atoms with E-state index >= 15 is 0 Å². The zero-order valence-electron chi connectivity index (χ0n) is 16.1. The van der Waals surface area contributed by atoms with E-state index in [0.717, 1.165) is 39.9 Å². The number of rotatable bonds is 6. The van der Waals surface area contributed by atoms with Crippen molar-refractivity contribution in [2.45, 2.75) is 26.3 Å². The maximum absolute atomic E-state index is 6.25. The van der Waals surface area contributed by atoms with Crippen molar-refractivity contribution >= 4 is 10.9 Å². The number of nitrogens with two attached hydrogens (primary N) is 1. The van der Waals surface area contributed by atoms with Gasteiger partial charge in [0.15, 0.2) is 0 Å². The molecule has 3 N–H and O–H groups in total. The summed E-state index contributed by atoms with van der Waals surface area (Å²) in [6.45, 7) is 4.55. The molecule has 1 atom stereocenters. The third-order valence-corrected chi connectivity index (χ3v) is 4.87. The van der Waals surface area contributed by atoms with E-state index in [1.807, 2.05) is 31.3 Å². The van der Waals surface area contributed by atoms with Gasteiger partial charge < -0.3 is 10.5 Å². The van der Waals surface area contributed by atoms with Gasteiger partial charge in [-0.25, -0.2) is 0 Å². The Hall–Kier alpha value is -3.18. The molecule has 0 aliphatic carbocycles. The van der Waals surface area contributed by atoms with Crippen molar-refractivity contribution in [3.05, 3.63) is 77.7 Å². The average Bonchev–Trinajstić information content (AvgIpc) is 3.09. The lowest BCUT2D eigenvalue weighted by molar-refractivity contribution is 0.286. The number of fused-ring (bicyclic) bond motifs is 1. The Bertz CT molecular complexity index is 1090. The van der Waals surface area contributed by atoms with Crippen LogP contribution >= 0.6 is 0 Å². The Morgan fingerprint density at radius 1 is 1.00 bits per heavy atom. The highest BCUT2D eigenvalue weighted by Gasteiger charge is 2.08. The van der Waals surface area contributed by atoms with E-state index < -0.39 is 0 Å². The van der Waals surface area contributed by atoms with Gasteiger partial charge in [-0.15, -0.1) is 0 Å². The summed E-state index contributed by atoms with van der Waals surface area (Å²) >= 11 is 0. The van der Waals surface area contributed by atoms with Gasteiger partial charge in [-0.2, -0.15) is 5.10 Å². The first kappa shape index (κ1) is 18.2. The minimum absolute atomic E-state index is 0.0729. The molecule has 0 bridgehead atoms. The van der Waals surface area contributed by atoms with Crippen LogP contribution in [0.1, 0.15) is 16.8 Å². The average molecular weight is 372 g/mol. The van der Waals surface area contributed by atoms with E-state index in [1.165, 1.54) is 11.1 Å². The Morgan fingerprint density at radius 2 is 1.82 bits per heavy atom. The second-order valence-electron chi connectivity index (χ2n) is 7.25. The number of ether oxygens (including phenoxy) is 1. The molecule has 4 rings (SSSR count). The van der Waals surface area contributed by atoms with Crippen molar-refractivity contribution in [2.24, 2.45) is 5.73 Å². The van der Waals surface area contributed by atoms with Crippen molar-refractivity contribution < 1.29 is 4.74 Å². The van der Waals surface area contributed by atoms with Crippen LogP contribution in [0.15, 0.2) is 60.9 Å². The quantitative estimate of drug-likeness (QED) is 0.532. The molecule has 0 saturated carbocycles. The molecule has 2 aromatic heterocycles. The Kier molecular flexibility index (Phi) is 5.08. The molecule has 5 nitrogen and oxygen atoms in total. The maximum atomic E-state index is 6.25. The van der Waals surface area contributed by atoms with Crippen LogP contribution in [0.5, 0.6) is 5.75 Å². The molecule has 1 unspecified atom stereocenters. The molecule has 0 aliphatic heterocycles. The van der Waals surface area contributed by atoms with Gasteiger partial charge in [0.05, 0.1) is 11.7 Å². The fourth-order valence-electron chi connectivity index (χ4n) is 3.26. The third-order valence-electron chi connectivity index (χ3n) is 4.87. The minimum Gasteiger partial charge on any atom is -0.490 e. The second-order valence-corrected chi connectivity index (χ2v) is 7.25. The lowest BCUT2D eigenvalue weighted by Gasteiger charge is -2.14. The first-order valence-electron chi connectivity index (χ1n) is 9.42. The molecule has 4 aromatic rings. The maximum Gasteiger partial charge on any atom is 0.138 e. The molecule has 0 saturated heterocycles. The fraction of sp³-hybridized carbons (Fsp3) is 0.217. The fourth-order valence-corrected chi connectivity index (χ4v) is 3.26. The topological polar surface area (TPSA) is 76.8 Å². The molecule has 5 heteroatoms. The van der Waals surface area contributed by atoms with Crippen LogP contribution in [0.25, 0.3) is 22.0 Å². The highest BCUT2D eigenvalue weighted by atomic mass is 16.5. The highest BCUT2D eigenvalue weighted by molar-refractivity contribution is 5.86. The Morgan fingerprint density at radius 3 is 2.64 bits per heavy atom. The first-order valence-corrected chi connectivity index (χ1v) is 9.42. The molecule has 0 spiro atoms. The Balaban J connectivity index is 1.44. The number of hydrogen-bond donors (Lipinski definition) is 2. The van der Waals surface area contributed by atoms with E-state index in [0.29, 0.717) is 6.61 Å². The van der Waals surface area contributed by atoms with Crippen molar-refractivity contribution in [3.8, 4) is 16.9 Å². The van der Waals surface area contributed by atoms with Gasteiger partial charge in [-0.05, 0) is 49.6 Å². The van der Waals surface area contributed by atoms with Crippen LogP contribution in [-0.4, -0.2) is 27.8 Å². The molecule has 0 amide bonds. The Labute approximate surface area is 164 Å². The smallest absolute Gasteiger partial charge is 0.138 e. The molecule has 0 aliphatic rings. The van der Waals surface area contributed by atoms with Crippen LogP contribution in [-0.2, 0) is 6.42 Å². The van der Waals surface area contributed by atoms with E-state index in [9.17, 15) is 0 Å². The van der Waals surface area contributed by atoms with E-state index in [-0.39, 0.29) is 6.04 Å². The van der Waals surface area contributed by atoms with Gasteiger partial charge in [-0.3, -0.25) is 10.1 Å². The molecule has 142 valence electrons. The van der Waals surface area contributed by atoms with Crippen LogP contribution in [0.3, 0.4) is 0 Å². The van der Waals surface area contributed by atoms with E-state index in [2.05, 4.69) is 52.4 Å². The van der Waals surface area contributed by atoms with Crippen LogP contribution in [0.4, 0.5) is 0 Å². The number of aryl methyl sites for hydroxylation is 2. The predicted octanol–water partition coefficient (Wildman–Crippen LogP) is 4.19. The number of nitrogens with one attached hydrogen (secondary N) is 1. The third kappa shape index (κ3) is 4.05. The molecule has 0 fully saturated rings. The van der Waals surface area contributed by atoms with Crippen LogP contribution < -0.4 is 10.5 Å². The van der Waals surface area contributed by atoms with Crippen LogP contribution in [0, 0.1) is 13.8 Å². The summed E-state index contributed by atoms with van der Waals surface area (Å²) in [5.41, 5.74) is 12.8. The van der Waals surface area contributed by atoms with Crippen molar-refractivity contribution in [1.82, 2.24) is 15.2 Å². The zero-order chi connectivity index (χ0) is 19.5. The second kappa shape index (κ2) is 7.82. The number of nitrogens with zero attached hydrogens (tertiary/aromatic N) is 2. The number of aromatic nitrogens is 3. The molecule has 2 heterocycles. The molecule has 2 aromatic carbocycles. The van der Waals surface area contributed by atoms with Gasteiger partial charge >= 0.3 is 0 Å². The largest absolute Gasteiger partial charge is 0.490 e. The summed E-state index contributed by atoms with van der Waals surface area (Å²) in [5, 5.41) is 8.41. The lowest BCUT2D eigenvalue weighted by Crippen LogP contribution is -2.30. The van der Waals surface area contributed by atoms with Crippen molar-refractivity contribution in [3.63, 3.8) is 0 Å². The van der Waals surface area contributed by atoms with Gasteiger partial charge in [0.25, 0.3) is 0 Å². The number of hydrogen-bond acceptors (Lipinski definition) is 4. The molecule has 28 heavy (non-hydrogen) atoms. The summed E-state index contributed by atoms with van der Waals surface area (Å²) < 4.78 is 5.92. The standard InChI is InChI=1S/C23H24N4O/c1-15-3-5-17(6-4-15)9-20(24)14-28-21-10-19(12-25-13-21)18-7-8-23-22(11-18)16(2)26-27-23/h3-8,10-13,20H,9,14,24H2,1-2H3,(H,26,27). The van der Waals surface area contributed by atoms with Gasteiger partial charge in [0, 0.05) is 28.9 Å². The number of pyridine rings is 1. The number of aromatic amines is 1. The summed E-state index contributed by atoms with van der Waals surface area (Å²) in [4.78, 5) is 4.33. The van der Waals surface area contributed by atoms with E-state index in [1.54, 1.807) is 6.20 Å². The zero-order valence-corrected chi connectivity index (χ0v) is 16.1. The number of benzene rings is 2. The predicted molar refractivity (Wildman–Crippen MR) is 112 cm³/mol. The lowest BCUT2D eigenvalue weighted by atomic mass is 10.0. The number of H-pyrrole nitrogens is 1.